The Hall–Kier alpha value is -0.530. The van der Waals surface area contributed by atoms with Crippen LogP contribution >= 0.6 is 0 Å². The van der Waals surface area contributed by atoms with Crippen LogP contribution < -0.4 is 0 Å². The lowest BCUT2D eigenvalue weighted by molar-refractivity contribution is -0.146. The average molecular weight is 170 g/mol. The van der Waals surface area contributed by atoms with Gasteiger partial charge in [0.05, 0.1) is 0 Å². The highest BCUT2D eigenvalue weighted by Crippen LogP contribution is 2.35. The Bertz CT molecular complexity index is 165. The van der Waals surface area contributed by atoms with Gasteiger partial charge in [0.15, 0.2) is 0 Å². The van der Waals surface area contributed by atoms with Crippen LogP contribution in [0.15, 0.2) is 0 Å². The molecule has 0 heterocycles. The van der Waals surface area contributed by atoms with Gasteiger partial charge in [-0.3, -0.25) is 4.79 Å². The summed E-state index contributed by atoms with van der Waals surface area (Å²) in [6.07, 6.45) is 3.52. The SMILES string of the molecule is CC[C@H]1C[C@@H](OC(C)=O)C[C@@H]1C. The van der Waals surface area contributed by atoms with E-state index in [-0.39, 0.29) is 12.1 Å². The van der Waals surface area contributed by atoms with Gasteiger partial charge in [0.2, 0.25) is 0 Å². The summed E-state index contributed by atoms with van der Waals surface area (Å²) in [6, 6.07) is 0. The number of carbonyl (C=O) groups is 1. The molecule has 0 aliphatic heterocycles. The quantitative estimate of drug-likeness (QED) is 0.595. The molecule has 1 aliphatic rings. The van der Waals surface area contributed by atoms with Gasteiger partial charge >= 0.3 is 5.97 Å². The van der Waals surface area contributed by atoms with Gasteiger partial charge in [-0.15, -0.1) is 0 Å². The normalized spacial score (nSPS) is 35.1. The van der Waals surface area contributed by atoms with Crippen molar-refractivity contribution in [1.29, 1.82) is 0 Å². The number of rotatable bonds is 2. The monoisotopic (exact) mass is 170 g/mol. The van der Waals surface area contributed by atoms with E-state index in [9.17, 15) is 4.79 Å². The smallest absolute Gasteiger partial charge is 0.302 e. The molecular weight excluding hydrogens is 152 g/mol. The van der Waals surface area contributed by atoms with Gasteiger partial charge in [-0.05, 0) is 24.7 Å². The molecule has 1 saturated carbocycles. The van der Waals surface area contributed by atoms with Gasteiger partial charge in [0.1, 0.15) is 6.10 Å². The molecule has 70 valence electrons. The van der Waals surface area contributed by atoms with Crippen molar-refractivity contribution in [3.8, 4) is 0 Å². The molecule has 2 heteroatoms. The summed E-state index contributed by atoms with van der Waals surface area (Å²) in [6.45, 7) is 5.94. The molecule has 0 aromatic rings. The van der Waals surface area contributed by atoms with Crippen LogP contribution in [0.1, 0.15) is 40.0 Å². The third-order valence-corrected chi connectivity index (χ3v) is 2.86. The van der Waals surface area contributed by atoms with Crippen LogP contribution in [0.5, 0.6) is 0 Å². The lowest BCUT2D eigenvalue weighted by Gasteiger charge is -2.10. The van der Waals surface area contributed by atoms with E-state index >= 15 is 0 Å². The first-order chi connectivity index (χ1) is 5.63. The Morgan fingerprint density at radius 2 is 2.17 bits per heavy atom. The van der Waals surface area contributed by atoms with Crippen molar-refractivity contribution in [2.75, 3.05) is 0 Å². The van der Waals surface area contributed by atoms with Gasteiger partial charge in [0.25, 0.3) is 0 Å². The second kappa shape index (κ2) is 3.92. The molecule has 2 nitrogen and oxygen atoms in total. The van der Waals surface area contributed by atoms with Crippen LogP contribution in [0, 0.1) is 11.8 Å². The lowest BCUT2D eigenvalue weighted by Crippen LogP contribution is -2.12. The van der Waals surface area contributed by atoms with Crippen LogP contribution in [-0.4, -0.2) is 12.1 Å². The Morgan fingerprint density at radius 1 is 1.50 bits per heavy atom. The fraction of sp³-hybridized carbons (Fsp3) is 0.900. The van der Waals surface area contributed by atoms with Crippen LogP contribution in [-0.2, 0) is 9.53 Å². The molecule has 0 radical (unpaired) electrons. The van der Waals surface area contributed by atoms with Gasteiger partial charge < -0.3 is 4.74 Å². The molecule has 12 heavy (non-hydrogen) atoms. The summed E-state index contributed by atoms with van der Waals surface area (Å²) >= 11 is 0. The number of esters is 1. The Morgan fingerprint density at radius 3 is 2.58 bits per heavy atom. The molecule has 0 saturated heterocycles. The largest absolute Gasteiger partial charge is 0.463 e. The Kier molecular flexibility index (Phi) is 3.12. The third kappa shape index (κ3) is 2.23. The summed E-state index contributed by atoms with van der Waals surface area (Å²) in [5, 5.41) is 0. The summed E-state index contributed by atoms with van der Waals surface area (Å²) in [5.41, 5.74) is 0. The number of hydrogen-bond acceptors (Lipinski definition) is 2. The molecule has 0 amide bonds. The van der Waals surface area contributed by atoms with Crippen molar-refractivity contribution in [3.63, 3.8) is 0 Å². The summed E-state index contributed by atoms with van der Waals surface area (Å²) in [4.78, 5) is 10.7. The van der Waals surface area contributed by atoms with E-state index in [4.69, 9.17) is 4.74 Å². The van der Waals surface area contributed by atoms with E-state index in [2.05, 4.69) is 13.8 Å². The second-order valence-electron chi connectivity index (χ2n) is 3.85. The van der Waals surface area contributed by atoms with Crippen molar-refractivity contribution in [2.24, 2.45) is 11.8 Å². The topological polar surface area (TPSA) is 26.3 Å². The highest BCUT2D eigenvalue weighted by atomic mass is 16.5. The maximum atomic E-state index is 10.7. The number of hydrogen-bond donors (Lipinski definition) is 0. The molecule has 0 bridgehead atoms. The molecule has 0 unspecified atom stereocenters. The molecule has 0 aromatic heterocycles. The average Bonchev–Trinajstić information content (AvgIpc) is 2.29. The van der Waals surface area contributed by atoms with Crippen LogP contribution in [0.4, 0.5) is 0 Å². The predicted octanol–water partition coefficient (Wildman–Crippen LogP) is 2.37. The third-order valence-electron chi connectivity index (χ3n) is 2.86. The second-order valence-corrected chi connectivity index (χ2v) is 3.85. The zero-order chi connectivity index (χ0) is 9.14. The Labute approximate surface area is 74.3 Å². The fourth-order valence-corrected chi connectivity index (χ4v) is 2.17. The number of carbonyl (C=O) groups excluding carboxylic acids is 1. The van der Waals surface area contributed by atoms with Crippen molar-refractivity contribution >= 4 is 5.97 Å². The lowest BCUT2D eigenvalue weighted by atomic mass is 9.96. The van der Waals surface area contributed by atoms with E-state index in [1.807, 2.05) is 0 Å². The molecule has 0 N–H and O–H groups in total. The van der Waals surface area contributed by atoms with Crippen molar-refractivity contribution in [1.82, 2.24) is 0 Å². The maximum Gasteiger partial charge on any atom is 0.302 e. The first-order valence-corrected chi connectivity index (χ1v) is 4.80. The summed E-state index contributed by atoms with van der Waals surface area (Å²) in [7, 11) is 0. The van der Waals surface area contributed by atoms with Gasteiger partial charge in [-0.2, -0.15) is 0 Å². The van der Waals surface area contributed by atoms with Crippen molar-refractivity contribution in [2.45, 2.75) is 46.1 Å². The first kappa shape index (κ1) is 9.56. The standard InChI is InChI=1S/C10H18O2/c1-4-9-6-10(5-7(9)2)12-8(3)11/h7,9-10H,4-6H2,1-3H3/t7-,9-,10-/m0/s1. The first-order valence-electron chi connectivity index (χ1n) is 4.80. The van der Waals surface area contributed by atoms with E-state index in [1.165, 1.54) is 13.3 Å². The zero-order valence-electron chi connectivity index (χ0n) is 8.17. The van der Waals surface area contributed by atoms with Gasteiger partial charge in [-0.25, -0.2) is 0 Å². The Balaban J connectivity index is 2.37. The molecule has 3 atom stereocenters. The highest BCUT2D eigenvalue weighted by molar-refractivity contribution is 5.66. The molecule has 0 aromatic carbocycles. The van der Waals surface area contributed by atoms with Gasteiger partial charge in [-0.1, -0.05) is 20.3 Å². The number of ether oxygens (including phenoxy) is 1. The minimum absolute atomic E-state index is 0.135. The molecule has 0 spiro atoms. The summed E-state index contributed by atoms with van der Waals surface area (Å²) in [5.74, 6) is 1.35. The van der Waals surface area contributed by atoms with Gasteiger partial charge in [0, 0.05) is 6.92 Å². The zero-order valence-corrected chi connectivity index (χ0v) is 8.17. The minimum Gasteiger partial charge on any atom is -0.463 e. The fourth-order valence-electron chi connectivity index (χ4n) is 2.17. The maximum absolute atomic E-state index is 10.7. The molecule has 1 rings (SSSR count). The highest BCUT2D eigenvalue weighted by Gasteiger charge is 2.31. The molecule has 1 aliphatic carbocycles. The van der Waals surface area contributed by atoms with Crippen molar-refractivity contribution in [3.05, 3.63) is 0 Å². The molecule has 1 fully saturated rings. The predicted molar refractivity (Wildman–Crippen MR) is 47.7 cm³/mol. The van der Waals surface area contributed by atoms with E-state index < -0.39 is 0 Å². The minimum atomic E-state index is -0.135. The van der Waals surface area contributed by atoms with E-state index in [1.54, 1.807) is 0 Å². The van der Waals surface area contributed by atoms with Crippen LogP contribution in [0.25, 0.3) is 0 Å². The molecular formula is C10H18O2. The van der Waals surface area contributed by atoms with E-state index in [0.29, 0.717) is 0 Å². The van der Waals surface area contributed by atoms with Crippen LogP contribution in [0.2, 0.25) is 0 Å². The van der Waals surface area contributed by atoms with Crippen LogP contribution in [0.3, 0.4) is 0 Å². The van der Waals surface area contributed by atoms with Crippen molar-refractivity contribution < 1.29 is 9.53 Å². The van der Waals surface area contributed by atoms with E-state index in [0.717, 1.165) is 24.7 Å². The summed E-state index contributed by atoms with van der Waals surface area (Å²) < 4.78 is 5.17.